The van der Waals surface area contributed by atoms with Gasteiger partial charge < -0.3 is 9.47 Å². The molecule has 0 saturated heterocycles. The number of carbonyl (C=O) groups excluding carboxylic acids is 1. The first-order chi connectivity index (χ1) is 5.97. The van der Waals surface area contributed by atoms with Crippen molar-refractivity contribution in [3.8, 4) is 0 Å². The van der Waals surface area contributed by atoms with Crippen molar-refractivity contribution in [1.82, 2.24) is 0 Å². The molecule has 0 aromatic heterocycles. The van der Waals surface area contributed by atoms with Crippen molar-refractivity contribution in [1.29, 1.82) is 0 Å². The van der Waals surface area contributed by atoms with E-state index in [1.165, 1.54) is 0 Å². The van der Waals surface area contributed by atoms with Crippen LogP contribution in [0.4, 0.5) is 4.79 Å². The summed E-state index contributed by atoms with van der Waals surface area (Å²) in [7, 11) is 0. The number of ether oxygens (including phenoxy) is 2. The molecule has 0 aromatic rings. The van der Waals surface area contributed by atoms with Gasteiger partial charge in [0.15, 0.2) is 0 Å². The Balaban J connectivity index is 3.74. The second-order valence-corrected chi connectivity index (χ2v) is 3.65. The maximum absolute atomic E-state index is 11.1. The molecule has 0 heterocycles. The standard InChI is InChI=1S/C10H20O3/c1-6-8(4)12-10(11)13-9(5)7(2)3/h7-9H,6H2,1-5H3/t8-,9?/m1/s1. The van der Waals surface area contributed by atoms with Gasteiger partial charge in [-0.2, -0.15) is 0 Å². The van der Waals surface area contributed by atoms with Gasteiger partial charge in [0.2, 0.25) is 0 Å². The highest BCUT2D eigenvalue weighted by Gasteiger charge is 2.15. The van der Waals surface area contributed by atoms with E-state index >= 15 is 0 Å². The van der Waals surface area contributed by atoms with E-state index in [4.69, 9.17) is 9.47 Å². The molecule has 0 rings (SSSR count). The van der Waals surface area contributed by atoms with Crippen molar-refractivity contribution >= 4 is 6.16 Å². The molecule has 78 valence electrons. The van der Waals surface area contributed by atoms with E-state index in [9.17, 15) is 4.79 Å². The van der Waals surface area contributed by atoms with E-state index in [2.05, 4.69) is 0 Å². The van der Waals surface area contributed by atoms with Gasteiger partial charge in [-0.15, -0.1) is 0 Å². The summed E-state index contributed by atoms with van der Waals surface area (Å²) in [4.78, 5) is 11.1. The highest BCUT2D eigenvalue weighted by Crippen LogP contribution is 2.07. The molecular weight excluding hydrogens is 168 g/mol. The van der Waals surface area contributed by atoms with E-state index in [1.807, 2.05) is 34.6 Å². The van der Waals surface area contributed by atoms with E-state index in [1.54, 1.807) is 0 Å². The second-order valence-electron chi connectivity index (χ2n) is 3.65. The summed E-state index contributed by atoms with van der Waals surface area (Å²) in [5, 5.41) is 0. The number of carbonyl (C=O) groups is 1. The molecule has 2 atom stereocenters. The molecule has 3 nitrogen and oxygen atoms in total. The van der Waals surface area contributed by atoms with E-state index < -0.39 is 6.16 Å². The molecule has 0 bridgehead atoms. The number of hydrogen-bond acceptors (Lipinski definition) is 3. The third-order valence-corrected chi connectivity index (χ3v) is 2.09. The van der Waals surface area contributed by atoms with Gasteiger partial charge in [0, 0.05) is 0 Å². The van der Waals surface area contributed by atoms with Crippen molar-refractivity contribution in [2.24, 2.45) is 5.92 Å². The fraction of sp³-hybridized carbons (Fsp3) is 0.900. The van der Waals surface area contributed by atoms with Gasteiger partial charge in [0.1, 0.15) is 12.2 Å². The Kier molecular flexibility index (Phi) is 5.51. The monoisotopic (exact) mass is 188 g/mol. The number of hydrogen-bond donors (Lipinski definition) is 0. The molecule has 0 saturated carbocycles. The minimum atomic E-state index is -0.560. The maximum Gasteiger partial charge on any atom is 0.508 e. The van der Waals surface area contributed by atoms with Crippen LogP contribution in [0, 0.1) is 5.92 Å². The highest BCUT2D eigenvalue weighted by molar-refractivity contribution is 5.60. The van der Waals surface area contributed by atoms with Gasteiger partial charge in [-0.05, 0) is 26.2 Å². The molecule has 0 radical (unpaired) electrons. The Morgan fingerprint density at radius 2 is 1.69 bits per heavy atom. The molecule has 0 fully saturated rings. The molecule has 0 spiro atoms. The molecule has 3 heteroatoms. The summed E-state index contributed by atoms with van der Waals surface area (Å²) in [6, 6.07) is 0. The lowest BCUT2D eigenvalue weighted by Crippen LogP contribution is -2.23. The van der Waals surface area contributed by atoms with Crippen LogP contribution in [-0.4, -0.2) is 18.4 Å². The maximum atomic E-state index is 11.1. The summed E-state index contributed by atoms with van der Waals surface area (Å²) in [6.45, 7) is 9.68. The molecule has 0 amide bonds. The van der Waals surface area contributed by atoms with Crippen LogP contribution in [0.3, 0.4) is 0 Å². The van der Waals surface area contributed by atoms with Gasteiger partial charge in [0.05, 0.1) is 0 Å². The smallest absolute Gasteiger partial charge is 0.431 e. The van der Waals surface area contributed by atoms with Crippen LogP contribution in [0.15, 0.2) is 0 Å². The molecule has 0 N–H and O–H groups in total. The van der Waals surface area contributed by atoms with Gasteiger partial charge in [0.25, 0.3) is 0 Å². The van der Waals surface area contributed by atoms with Gasteiger partial charge in [-0.25, -0.2) is 4.79 Å². The zero-order chi connectivity index (χ0) is 10.4. The topological polar surface area (TPSA) is 35.5 Å². The first-order valence-corrected chi connectivity index (χ1v) is 4.84. The Morgan fingerprint density at radius 3 is 2.08 bits per heavy atom. The molecule has 13 heavy (non-hydrogen) atoms. The predicted molar refractivity (Wildman–Crippen MR) is 51.6 cm³/mol. The molecule has 0 aliphatic heterocycles. The van der Waals surface area contributed by atoms with Crippen LogP contribution in [0.2, 0.25) is 0 Å². The zero-order valence-corrected chi connectivity index (χ0v) is 9.16. The summed E-state index contributed by atoms with van der Waals surface area (Å²) in [5.41, 5.74) is 0. The lowest BCUT2D eigenvalue weighted by Gasteiger charge is -2.17. The molecule has 0 aliphatic carbocycles. The summed E-state index contributed by atoms with van der Waals surface area (Å²) in [6.07, 6.45) is 0.101. The average molecular weight is 188 g/mol. The third kappa shape index (κ3) is 5.50. The minimum Gasteiger partial charge on any atom is -0.431 e. The van der Waals surface area contributed by atoms with Crippen molar-refractivity contribution in [2.45, 2.75) is 53.2 Å². The SMILES string of the molecule is CC[C@@H](C)OC(=O)OC(C)C(C)C. The van der Waals surface area contributed by atoms with Gasteiger partial charge in [-0.1, -0.05) is 20.8 Å². The second kappa shape index (κ2) is 5.84. The lowest BCUT2D eigenvalue weighted by atomic mass is 10.1. The van der Waals surface area contributed by atoms with Crippen LogP contribution in [-0.2, 0) is 9.47 Å². The molecule has 0 aliphatic rings. The van der Waals surface area contributed by atoms with Crippen molar-refractivity contribution in [3.05, 3.63) is 0 Å². The van der Waals surface area contributed by atoms with Crippen LogP contribution in [0.5, 0.6) is 0 Å². The normalized spacial score (nSPS) is 15.2. The number of rotatable bonds is 4. The highest BCUT2D eigenvalue weighted by atomic mass is 16.7. The van der Waals surface area contributed by atoms with Crippen LogP contribution >= 0.6 is 0 Å². The summed E-state index contributed by atoms with van der Waals surface area (Å²) < 4.78 is 9.98. The van der Waals surface area contributed by atoms with Crippen molar-refractivity contribution in [2.75, 3.05) is 0 Å². The van der Waals surface area contributed by atoms with Crippen molar-refractivity contribution < 1.29 is 14.3 Å². The first-order valence-electron chi connectivity index (χ1n) is 4.84. The lowest BCUT2D eigenvalue weighted by molar-refractivity contribution is -0.00483. The first kappa shape index (κ1) is 12.3. The van der Waals surface area contributed by atoms with Crippen LogP contribution in [0.25, 0.3) is 0 Å². The quantitative estimate of drug-likeness (QED) is 0.636. The Bertz CT molecular complexity index is 154. The van der Waals surface area contributed by atoms with E-state index in [0.29, 0.717) is 5.92 Å². The third-order valence-electron chi connectivity index (χ3n) is 2.09. The Labute approximate surface area is 80.4 Å². The summed E-state index contributed by atoms with van der Waals surface area (Å²) in [5.74, 6) is 0.324. The Morgan fingerprint density at radius 1 is 1.15 bits per heavy atom. The average Bonchev–Trinajstić information content (AvgIpc) is 2.03. The fourth-order valence-electron chi connectivity index (χ4n) is 0.563. The predicted octanol–water partition coefficient (Wildman–Crippen LogP) is 2.98. The minimum absolute atomic E-state index is 0.0631. The van der Waals surface area contributed by atoms with Crippen LogP contribution < -0.4 is 0 Å². The van der Waals surface area contributed by atoms with E-state index in [0.717, 1.165) is 6.42 Å². The van der Waals surface area contributed by atoms with E-state index in [-0.39, 0.29) is 12.2 Å². The van der Waals surface area contributed by atoms with Gasteiger partial charge >= 0.3 is 6.16 Å². The molecular formula is C10H20O3. The molecule has 0 aromatic carbocycles. The van der Waals surface area contributed by atoms with Crippen LogP contribution in [0.1, 0.15) is 41.0 Å². The zero-order valence-electron chi connectivity index (χ0n) is 9.16. The van der Waals surface area contributed by atoms with Crippen molar-refractivity contribution in [3.63, 3.8) is 0 Å². The fourth-order valence-corrected chi connectivity index (χ4v) is 0.563. The largest absolute Gasteiger partial charge is 0.508 e. The van der Waals surface area contributed by atoms with Gasteiger partial charge in [-0.3, -0.25) is 0 Å². The summed E-state index contributed by atoms with van der Waals surface area (Å²) >= 11 is 0. The Hall–Kier alpha value is -0.730. The molecule has 1 unspecified atom stereocenters.